The number of anilines is 1. The number of ether oxygens (including phenoxy) is 2. The molecule has 0 spiro atoms. The number of hydrogen-bond donors (Lipinski definition) is 1. The van der Waals surface area contributed by atoms with E-state index in [-0.39, 0.29) is 18.0 Å². The monoisotopic (exact) mass is 512 g/mol. The van der Waals surface area contributed by atoms with Gasteiger partial charge in [0.05, 0.1) is 25.8 Å². The molecule has 0 radical (unpaired) electrons. The van der Waals surface area contributed by atoms with Gasteiger partial charge in [0.25, 0.3) is 0 Å². The number of methoxy groups -OCH3 is 2. The van der Waals surface area contributed by atoms with Crippen molar-refractivity contribution in [2.45, 2.75) is 45.6 Å². The molecular weight excluding hydrogens is 476 g/mol. The van der Waals surface area contributed by atoms with E-state index >= 15 is 0 Å². The van der Waals surface area contributed by atoms with Crippen LogP contribution in [0.15, 0.2) is 41.4 Å². The molecular formula is C27H36N4O4S. The van der Waals surface area contributed by atoms with Crippen LogP contribution < -0.4 is 14.8 Å². The van der Waals surface area contributed by atoms with E-state index in [1.54, 1.807) is 14.2 Å². The maximum absolute atomic E-state index is 13.8. The van der Waals surface area contributed by atoms with Crippen LogP contribution in [-0.2, 0) is 6.54 Å². The van der Waals surface area contributed by atoms with Crippen molar-refractivity contribution in [2.75, 3.05) is 45.7 Å². The van der Waals surface area contributed by atoms with Gasteiger partial charge in [-0.05, 0) is 55.3 Å². The summed E-state index contributed by atoms with van der Waals surface area (Å²) < 4.78 is 11.2. The fourth-order valence-corrected chi connectivity index (χ4v) is 5.65. The summed E-state index contributed by atoms with van der Waals surface area (Å²) >= 11 is 1.51. The molecule has 1 saturated heterocycles. The Balaban J connectivity index is 1.63. The molecule has 8 nitrogen and oxygen atoms in total. The van der Waals surface area contributed by atoms with Gasteiger partial charge in [-0.15, -0.1) is 11.3 Å². The number of urea groups is 2. The van der Waals surface area contributed by atoms with Crippen LogP contribution >= 0.6 is 11.3 Å². The fraction of sp³-hybridized carbons (Fsp3) is 0.481. The topological polar surface area (TPSA) is 74.4 Å². The average molecular weight is 513 g/mol. The number of thiophene rings is 1. The number of carbonyl (C=O) groups excluding carboxylic acids is 2. The summed E-state index contributed by atoms with van der Waals surface area (Å²) in [7, 11) is 3.31. The summed E-state index contributed by atoms with van der Waals surface area (Å²) in [6.07, 6.45) is 4.37. The Kier molecular flexibility index (Phi) is 8.40. The van der Waals surface area contributed by atoms with E-state index in [0.29, 0.717) is 44.9 Å². The van der Waals surface area contributed by atoms with Gasteiger partial charge in [0.15, 0.2) is 0 Å². The molecule has 0 bridgehead atoms. The van der Waals surface area contributed by atoms with Gasteiger partial charge in [-0.2, -0.15) is 0 Å². The molecule has 1 aromatic carbocycles. The molecule has 3 heterocycles. The Hall–Kier alpha value is -3.20. The lowest BCUT2D eigenvalue weighted by Crippen LogP contribution is -2.43. The van der Waals surface area contributed by atoms with Crippen molar-refractivity contribution in [2.24, 2.45) is 0 Å². The SMILES string of the molecule is CCN1CCCN(C(=O)Nc2cccs2)CCCC2=C[C@H](C)c3c(cc(OC)cc3OC)CN2C1=O. The van der Waals surface area contributed by atoms with Crippen LogP contribution in [0.25, 0.3) is 0 Å². The number of allylic oxidation sites excluding steroid dienone is 2. The molecule has 0 saturated carbocycles. The van der Waals surface area contributed by atoms with Crippen LogP contribution in [0.2, 0.25) is 0 Å². The number of nitrogens with zero attached hydrogens (tertiary/aromatic N) is 3. The van der Waals surface area contributed by atoms with Gasteiger partial charge in [0.1, 0.15) is 11.5 Å². The lowest BCUT2D eigenvalue weighted by atomic mass is 9.94. The number of carbonyl (C=O) groups is 2. The van der Waals surface area contributed by atoms with E-state index in [1.807, 2.05) is 51.3 Å². The highest BCUT2D eigenvalue weighted by molar-refractivity contribution is 7.14. The first kappa shape index (κ1) is 25.9. The highest BCUT2D eigenvalue weighted by Gasteiger charge is 2.30. The number of benzene rings is 1. The fourth-order valence-electron chi connectivity index (χ4n) is 5.05. The van der Waals surface area contributed by atoms with Gasteiger partial charge in [-0.1, -0.05) is 13.0 Å². The maximum Gasteiger partial charge on any atom is 0.324 e. The van der Waals surface area contributed by atoms with Crippen molar-refractivity contribution >= 4 is 28.4 Å². The molecule has 1 atom stereocenters. The Morgan fingerprint density at radius 3 is 2.67 bits per heavy atom. The van der Waals surface area contributed by atoms with Gasteiger partial charge < -0.3 is 19.3 Å². The minimum absolute atomic E-state index is 0.00192. The number of hydrogen-bond acceptors (Lipinski definition) is 5. The van der Waals surface area contributed by atoms with E-state index in [2.05, 4.69) is 18.3 Å². The maximum atomic E-state index is 13.8. The van der Waals surface area contributed by atoms with Crippen LogP contribution in [0.1, 0.15) is 50.2 Å². The summed E-state index contributed by atoms with van der Waals surface area (Å²) in [5.41, 5.74) is 3.10. The van der Waals surface area contributed by atoms with Gasteiger partial charge in [0.2, 0.25) is 0 Å². The van der Waals surface area contributed by atoms with Gasteiger partial charge in [-0.3, -0.25) is 10.2 Å². The molecule has 0 unspecified atom stereocenters. The third kappa shape index (κ3) is 5.61. The van der Waals surface area contributed by atoms with E-state index in [9.17, 15) is 9.59 Å². The second-order valence-corrected chi connectivity index (χ2v) is 10.1. The summed E-state index contributed by atoms with van der Waals surface area (Å²) in [6, 6.07) is 7.66. The third-order valence-electron chi connectivity index (χ3n) is 6.87. The zero-order valence-electron chi connectivity index (χ0n) is 21.6. The van der Waals surface area contributed by atoms with Crippen LogP contribution in [-0.4, -0.2) is 67.2 Å². The molecule has 4 amide bonds. The molecule has 194 valence electrons. The molecule has 2 aliphatic heterocycles. The van der Waals surface area contributed by atoms with E-state index in [4.69, 9.17) is 9.47 Å². The molecule has 2 aliphatic rings. The van der Waals surface area contributed by atoms with Crippen LogP contribution in [0.5, 0.6) is 11.5 Å². The normalized spacial score (nSPS) is 18.9. The molecule has 36 heavy (non-hydrogen) atoms. The zero-order chi connectivity index (χ0) is 25.7. The van der Waals surface area contributed by atoms with Crippen molar-refractivity contribution in [1.82, 2.24) is 14.7 Å². The van der Waals surface area contributed by atoms with Crippen molar-refractivity contribution in [3.63, 3.8) is 0 Å². The van der Waals surface area contributed by atoms with E-state index < -0.39 is 0 Å². The van der Waals surface area contributed by atoms with Crippen LogP contribution in [0.3, 0.4) is 0 Å². The quantitative estimate of drug-likeness (QED) is 0.568. The third-order valence-corrected chi connectivity index (χ3v) is 7.65. The first-order valence-corrected chi connectivity index (χ1v) is 13.4. The highest BCUT2D eigenvalue weighted by Crippen LogP contribution is 2.39. The summed E-state index contributed by atoms with van der Waals surface area (Å²) in [6.45, 7) is 7.02. The highest BCUT2D eigenvalue weighted by atomic mass is 32.1. The van der Waals surface area contributed by atoms with Crippen molar-refractivity contribution in [3.8, 4) is 11.5 Å². The Morgan fingerprint density at radius 1 is 1.17 bits per heavy atom. The number of nitrogens with one attached hydrogen (secondary N) is 1. The van der Waals surface area contributed by atoms with Gasteiger partial charge in [-0.25, -0.2) is 9.59 Å². The van der Waals surface area contributed by atoms with Crippen molar-refractivity contribution in [1.29, 1.82) is 0 Å². The molecule has 1 fully saturated rings. The number of amides is 4. The Bertz CT molecular complexity index is 1100. The Morgan fingerprint density at radius 2 is 1.97 bits per heavy atom. The largest absolute Gasteiger partial charge is 0.497 e. The van der Waals surface area contributed by atoms with E-state index in [0.717, 1.165) is 40.4 Å². The Labute approximate surface area is 217 Å². The summed E-state index contributed by atoms with van der Waals surface area (Å²) in [4.78, 5) is 32.5. The molecule has 1 N–H and O–H groups in total. The van der Waals surface area contributed by atoms with Gasteiger partial charge >= 0.3 is 12.1 Å². The first-order valence-electron chi connectivity index (χ1n) is 12.6. The second kappa shape index (κ2) is 11.7. The predicted molar refractivity (Wildman–Crippen MR) is 143 cm³/mol. The van der Waals surface area contributed by atoms with Crippen molar-refractivity contribution < 1.29 is 19.1 Å². The minimum atomic E-state index is -0.0876. The molecule has 0 aliphatic carbocycles. The minimum Gasteiger partial charge on any atom is -0.497 e. The number of fused-ring (bicyclic) bond motifs is 2. The van der Waals surface area contributed by atoms with Gasteiger partial charge in [0, 0.05) is 49.4 Å². The predicted octanol–water partition coefficient (Wildman–Crippen LogP) is 5.73. The van der Waals surface area contributed by atoms with Crippen LogP contribution in [0.4, 0.5) is 14.6 Å². The van der Waals surface area contributed by atoms with Crippen molar-refractivity contribution in [3.05, 3.63) is 52.5 Å². The standard InChI is InChI=1S/C27H36N4O4S/c1-5-29-12-8-13-30(26(32)28-24-10-7-14-36-24)11-6-9-21-15-19(2)25-20(18-31(21)27(29)33)16-22(34-3)17-23(25)35-4/h7,10,14-17,19H,5-6,8-9,11-13,18H2,1-4H3,(H,28,32)/t19-/m0/s1. The molecule has 1 aromatic heterocycles. The lowest BCUT2D eigenvalue weighted by Gasteiger charge is -2.31. The smallest absolute Gasteiger partial charge is 0.324 e. The molecule has 4 rings (SSSR count). The molecule has 9 heteroatoms. The average Bonchev–Trinajstić information content (AvgIpc) is 3.33. The van der Waals surface area contributed by atoms with Crippen LogP contribution in [0, 0.1) is 0 Å². The van der Waals surface area contributed by atoms with E-state index in [1.165, 1.54) is 11.3 Å². The summed E-state index contributed by atoms with van der Waals surface area (Å²) in [5, 5.41) is 5.80. The summed E-state index contributed by atoms with van der Waals surface area (Å²) in [5.74, 6) is 1.55. The zero-order valence-corrected chi connectivity index (χ0v) is 22.4. The second-order valence-electron chi connectivity index (χ2n) is 9.15. The molecule has 2 aromatic rings. The number of rotatable bonds is 4. The first-order chi connectivity index (χ1) is 17.4. The lowest BCUT2D eigenvalue weighted by molar-refractivity contribution is 0.163.